The number of para-hydroxylation sites is 1. The van der Waals surface area contributed by atoms with Crippen molar-refractivity contribution in [3.63, 3.8) is 0 Å². The average molecular weight is 471 g/mol. The minimum Gasteiger partial charge on any atom is -0.494 e. The second-order valence-corrected chi connectivity index (χ2v) is 8.27. The quantitative estimate of drug-likeness (QED) is 0.458. The van der Waals surface area contributed by atoms with Crippen LogP contribution in [-0.4, -0.2) is 34.7 Å². The largest absolute Gasteiger partial charge is 0.494 e. The molecule has 1 aliphatic rings. The number of amides is 2. The molecule has 2 atom stereocenters. The number of methoxy groups -OCH3 is 1. The smallest absolute Gasteiger partial charge is 0.251 e. The van der Waals surface area contributed by atoms with E-state index in [2.05, 4.69) is 15.7 Å². The summed E-state index contributed by atoms with van der Waals surface area (Å²) in [6.45, 7) is 1.83. The Hall–Kier alpha value is -4.46. The number of nitrogens with one attached hydrogen (secondary N) is 2. The lowest BCUT2D eigenvalue weighted by molar-refractivity contribution is -0.118. The zero-order valence-electron chi connectivity index (χ0n) is 19.2. The lowest BCUT2D eigenvalue weighted by Crippen LogP contribution is -2.50. The number of aryl methyl sites for hydroxylation is 1. The van der Waals surface area contributed by atoms with Gasteiger partial charge in [-0.3, -0.25) is 9.59 Å². The summed E-state index contributed by atoms with van der Waals surface area (Å²) in [6.07, 6.45) is 0. The Bertz CT molecular complexity index is 1400. The van der Waals surface area contributed by atoms with Crippen molar-refractivity contribution in [1.29, 1.82) is 0 Å². The molecule has 176 valence electrons. The number of anilines is 1. The van der Waals surface area contributed by atoms with Gasteiger partial charge in [-0.15, -0.1) is 0 Å². The van der Waals surface area contributed by atoms with Crippen LogP contribution >= 0.6 is 0 Å². The Balaban J connectivity index is 1.65. The highest BCUT2D eigenvalue weighted by Crippen LogP contribution is 2.41. The number of rotatable bonds is 5. The number of carbonyl (C=O) groups excluding carboxylic acids is 2. The van der Waals surface area contributed by atoms with E-state index in [1.54, 1.807) is 41.1 Å². The van der Waals surface area contributed by atoms with Crippen LogP contribution in [0.15, 0.2) is 78.9 Å². The molecule has 0 bridgehead atoms. The van der Waals surface area contributed by atoms with Crippen LogP contribution in [0.3, 0.4) is 0 Å². The van der Waals surface area contributed by atoms with Gasteiger partial charge < -0.3 is 15.4 Å². The van der Waals surface area contributed by atoms with E-state index in [4.69, 9.17) is 4.74 Å². The normalized spacial score (nSPS) is 16.8. The first-order valence-electron chi connectivity index (χ1n) is 11.1. The van der Waals surface area contributed by atoms with E-state index in [0.29, 0.717) is 28.2 Å². The molecular weight excluding hydrogens is 447 g/mol. The summed E-state index contributed by atoms with van der Waals surface area (Å²) in [6, 6.07) is 21.6. The molecule has 0 radical (unpaired) electrons. The molecule has 0 saturated carbocycles. The Morgan fingerprint density at radius 2 is 1.74 bits per heavy atom. The van der Waals surface area contributed by atoms with Crippen molar-refractivity contribution >= 4 is 17.6 Å². The van der Waals surface area contributed by atoms with E-state index in [9.17, 15) is 14.0 Å². The summed E-state index contributed by atoms with van der Waals surface area (Å²) in [7, 11) is 1.39. The summed E-state index contributed by atoms with van der Waals surface area (Å²) in [5.41, 5.74) is 3.07. The second kappa shape index (κ2) is 9.06. The van der Waals surface area contributed by atoms with Gasteiger partial charge in [0.1, 0.15) is 11.9 Å². The second-order valence-electron chi connectivity index (χ2n) is 8.27. The molecule has 2 amide bonds. The molecule has 5 rings (SSSR count). The van der Waals surface area contributed by atoms with Gasteiger partial charge in [-0.25, -0.2) is 9.07 Å². The number of carbonyl (C=O) groups is 2. The van der Waals surface area contributed by atoms with Crippen LogP contribution in [0.4, 0.5) is 10.2 Å². The molecule has 1 aromatic heterocycles. The highest BCUT2D eigenvalue weighted by atomic mass is 19.1. The van der Waals surface area contributed by atoms with E-state index in [-0.39, 0.29) is 5.75 Å². The van der Waals surface area contributed by atoms with Gasteiger partial charge in [0.15, 0.2) is 11.6 Å². The predicted molar refractivity (Wildman–Crippen MR) is 129 cm³/mol. The first-order chi connectivity index (χ1) is 17.0. The molecule has 7 nitrogen and oxygen atoms in total. The minimum absolute atomic E-state index is 0.0933. The summed E-state index contributed by atoms with van der Waals surface area (Å²) in [4.78, 5) is 26.4. The van der Waals surface area contributed by atoms with Crippen molar-refractivity contribution in [1.82, 2.24) is 15.1 Å². The Morgan fingerprint density at radius 1 is 1.06 bits per heavy atom. The number of ether oxygens (including phenoxy) is 1. The van der Waals surface area contributed by atoms with Crippen LogP contribution < -0.4 is 15.4 Å². The number of hydrogen-bond donors (Lipinski definition) is 2. The van der Waals surface area contributed by atoms with Crippen LogP contribution in [0.1, 0.15) is 33.1 Å². The van der Waals surface area contributed by atoms with Crippen molar-refractivity contribution in [3.05, 3.63) is 107 Å². The van der Waals surface area contributed by atoms with Gasteiger partial charge >= 0.3 is 0 Å². The number of benzene rings is 3. The highest BCUT2D eigenvalue weighted by molar-refractivity contribution is 6.04. The molecule has 8 heteroatoms. The van der Waals surface area contributed by atoms with Crippen LogP contribution in [0.5, 0.6) is 5.75 Å². The number of aromatic nitrogens is 2. The van der Waals surface area contributed by atoms with Gasteiger partial charge in [-0.05, 0) is 48.9 Å². The third-order valence-electron chi connectivity index (χ3n) is 6.13. The van der Waals surface area contributed by atoms with Gasteiger partial charge in [0, 0.05) is 17.0 Å². The van der Waals surface area contributed by atoms with Crippen LogP contribution in [-0.2, 0) is 4.79 Å². The molecule has 3 aromatic carbocycles. The van der Waals surface area contributed by atoms with Crippen molar-refractivity contribution in [2.24, 2.45) is 0 Å². The van der Waals surface area contributed by atoms with E-state index >= 15 is 0 Å². The van der Waals surface area contributed by atoms with Crippen molar-refractivity contribution in [2.45, 2.75) is 18.9 Å². The van der Waals surface area contributed by atoms with E-state index in [1.807, 2.05) is 37.3 Å². The van der Waals surface area contributed by atoms with Gasteiger partial charge in [0.2, 0.25) is 5.91 Å². The van der Waals surface area contributed by atoms with Gasteiger partial charge in [0.05, 0.1) is 18.5 Å². The molecule has 4 aromatic rings. The van der Waals surface area contributed by atoms with Crippen LogP contribution in [0.2, 0.25) is 0 Å². The third kappa shape index (κ3) is 4.03. The molecule has 0 spiro atoms. The highest BCUT2D eigenvalue weighted by Gasteiger charge is 2.42. The molecule has 0 saturated heterocycles. The third-order valence-corrected chi connectivity index (χ3v) is 6.13. The topological polar surface area (TPSA) is 85.2 Å². The average Bonchev–Trinajstić information content (AvgIpc) is 3.21. The van der Waals surface area contributed by atoms with Crippen molar-refractivity contribution in [2.75, 3.05) is 12.4 Å². The monoisotopic (exact) mass is 470 g/mol. The maximum absolute atomic E-state index is 14.8. The maximum Gasteiger partial charge on any atom is 0.251 e. The number of hydrogen-bond acceptors (Lipinski definition) is 4. The fraction of sp³-hybridized carbons (Fsp3) is 0.148. The molecule has 0 aliphatic carbocycles. The lowest BCUT2D eigenvalue weighted by Gasteiger charge is -2.33. The standard InChI is InChI=1S/C27H23FN4O3/c1-16-22-23(18-13-14-21(35-2)20(28)15-18)24(29-26(33)17-9-5-3-6-10-17)27(34)30-25(22)32(31-16)19-11-7-4-8-12-19/h3-15,23-24H,1-2H3,(H,29,33)(H,30,34)/t23-,24+/m1/s1. The molecule has 0 unspecified atom stereocenters. The van der Waals surface area contributed by atoms with Crippen LogP contribution in [0, 0.1) is 12.7 Å². The molecule has 2 N–H and O–H groups in total. The molecule has 0 fully saturated rings. The molecule has 35 heavy (non-hydrogen) atoms. The summed E-state index contributed by atoms with van der Waals surface area (Å²) in [5.74, 6) is -1.47. The molecular formula is C27H23FN4O3. The van der Waals surface area contributed by atoms with E-state index in [0.717, 1.165) is 5.69 Å². The Labute approximate surface area is 201 Å². The number of nitrogens with zero attached hydrogens (tertiary/aromatic N) is 2. The summed E-state index contributed by atoms with van der Waals surface area (Å²) in [5, 5.41) is 10.4. The maximum atomic E-state index is 14.8. The number of fused-ring (bicyclic) bond motifs is 1. The first-order valence-corrected chi connectivity index (χ1v) is 11.1. The van der Waals surface area contributed by atoms with Crippen LogP contribution in [0.25, 0.3) is 5.69 Å². The fourth-order valence-electron chi connectivity index (χ4n) is 4.50. The predicted octanol–water partition coefficient (Wildman–Crippen LogP) is 4.21. The fourth-order valence-corrected chi connectivity index (χ4v) is 4.50. The summed E-state index contributed by atoms with van der Waals surface area (Å²) >= 11 is 0. The first kappa shape index (κ1) is 22.3. The lowest BCUT2D eigenvalue weighted by atomic mass is 9.81. The Morgan fingerprint density at radius 3 is 2.40 bits per heavy atom. The Kier molecular flexibility index (Phi) is 5.78. The van der Waals surface area contributed by atoms with E-state index in [1.165, 1.54) is 19.2 Å². The van der Waals surface area contributed by atoms with Gasteiger partial charge in [-0.2, -0.15) is 5.10 Å². The molecule has 1 aliphatic heterocycles. The van der Waals surface area contributed by atoms with Gasteiger partial charge in [0.25, 0.3) is 5.91 Å². The SMILES string of the molecule is COc1ccc([C@@H]2c3c(C)nn(-c4ccccc4)c3NC(=O)[C@H]2NC(=O)c2ccccc2)cc1F. The minimum atomic E-state index is -0.991. The zero-order chi connectivity index (χ0) is 24.5. The van der Waals surface area contributed by atoms with Crippen molar-refractivity contribution in [3.8, 4) is 11.4 Å². The van der Waals surface area contributed by atoms with E-state index < -0.39 is 29.6 Å². The molecule has 2 heterocycles. The number of halogens is 1. The van der Waals surface area contributed by atoms with Crippen molar-refractivity contribution < 1.29 is 18.7 Å². The zero-order valence-corrected chi connectivity index (χ0v) is 19.2. The van der Waals surface area contributed by atoms with Gasteiger partial charge in [-0.1, -0.05) is 42.5 Å². The summed E-state index contributed by atoms with van der Waals surface area (Å²) < 4.78 is 21.5.